The second kappa shape index (κ2) is 7.24. The van der Waals surface area contributed by atoms with Gasteiger partial charge in [0.15, 0.2) is 0 Å². The maximum absolute atomic E-state index is 11.1. The summed E-state index contributed by atoms with van der Waals surface area (Å²) in [6.07, 6.45) is -0.200. The van der Waals surface area contributed by atoms with Gasteiger partial charge >= 0.3 is 0 Å². The highest BCUT2D eigenvalue weighted by Gasteiger charge is 2.20. The lowest BCUT2D eigenvalue weighted by Gasteiger charge is -2.21. The van der Waals surface area contributed by atoms with E-state index >= 15 is 0 Å². The molecular formula is C16H17ClN2O3. The average Bonchev–Trinajstić information content (AvgIpc) is 2.49. The largest absolute Gasteiger partial charge is 0.391 e. The molecule has 2 aromatic rings. The minimum Gasteiger partial charge on any atom is -0.391 e. The first kappa shape index (κ1) is 16.3. The van der Waals surface area contributed by atoms with E-state index in [0.717, 1.165) is 5.56 Å². The molecule has 0 saturated heterocycles. The Kier molecular flexibility index (Phi) is 5.35. The molecular weight excluding hydrogens is 304 g/mol. The normalized spacial score (nSPS) is 13.4. The topological polar surface area (TPSA) is 75.4 Å². The van der Waals surface area contributed by atoms with E-state index in [-0.39, 0.29) is 11.7 Å². The Bertz CT molecular complexity index is 649. The molecule has 0 spiro atoms. The zero-order chi connectivity index (χ0) is 16.1. The van der Waals surface area contributed by atoms with Gasteiger partial charge in [0.1, 0.15) is 5.69 Å². The number of hydrogen-bond acceptors (Lipinski definition) is 4. The number of aliphatic hydroxyl groups is 1. The fourth-order valence-corrected chi connectivity index (χ4v) is 2.32. The molecule has 0 amide bonds. The molecule has 5 nitrogen and oxygen atoms in total. The minimum atomic E-state index is -0.669. The van der Waals surface area contributed by atoms with E-state index in [0.29, 0.717) is 17.1 Å². The van der Waals surface area contributed by atoms with Gasteiger partial charge in [0, 0.05) is 23.6 Å². The minimum absolute atomic E-state index is 0.105. The Labute approximate surface area is 133 Å². The summed E-state index contributed by atoms with van der Waals surface area (Å²) >= 11 is 5.79. The maximum atomic E-state index is 11.1. The van der Waals surface area contributed by atoms with Gasteiger partial charge in [-0.05, 0) is 24.6 Å². The number of benzene rings is 2. The van der Waals surface area contributed by atoms with Gasteiger partial charge < -0.3 is 10.4 Å². The van der Waals surface area contributed by atoms with Crippen LogP contribution in [-0.2, 0) is 6.42 Å². The SMILES string of the molecule is CC(Nc1ccc(Cl)cc1[N+](=O)[O-])C(O)Cc1ccccc1. The van der Waals surface area contributed by atoms with Crippen molar-refractivity contribution in [3.05, 3.63) is 69.2 Å². The predicted octanol–water partition coefficient (Wildman–Crippen LogP) is 3.65. The summed E-state index contributed by atoms with van der Waals surface area (Å²) < 4.78 is 0. The van der Waals surface area contributed by atoms with Gasteiger partial charge in [-0.1, -0.05) is 41.9 Å². The first-order chi connectivity index (χ1) is 10.5. The molecule has 2 unspecified atom stereocenters. The number of nitrogens with one attached hydrogen (secondary N) is 1. The Morgan fingerprint density at radius 2 is 1.95 bits per heavy atom. The molecule has 2 rings (SSSR count). The van der Waals surface area contributed by atoms with E-state index in [1.165, 1.54) is 6.07 Å². The van der Waals surface area contributed by atoms with Crippen molar-refractivity contribution in [3.63, 3.8) is 0 Å². The van der Waals surface area contributed by atoms with Crippen LogP contribution < -0.4 is 5.32 Å². The first-order valence-corrected chi connectivity index (χ1v) is 7.27. The Hall–Kier alpha value is -2.11. The van der Waals surface area contributed by atoms with Crippen molar-refractivity contribution in [2.75, 3.05) is 5.32 Å². The van der Waals surface area contributed by atoms with E-state index in [2.05, 4.69) is 5.32 Å². The second-order valence-corrected chi connectivity index (χ2v) is 5.55. The van der Waals surface area contributed by atoms with Crippen LogP contribution >= 0.6 is 11.6 Å². The van der Waals surface area contributed by atoms with E-state index < -0.39 is 11.0 Å². The Morgan fingerprint density at radius 1 is 1.27 bits per heavy atom. The molecule has 2 N–H and O–H groups in total. The molecule has 0 fully saturated rings. The standard InChI is InChI=1S/C16H17ClN2O3/c1-11(16(20)9-12-5-3-2-4-6-12)18-14-8-7-13(17)10-15(14)19(21)22/h2-8,10-11,16,18,20H,9H2,1H3. The Morgan fingerprint density at radius 3 is 2.59 bits per heavy atom. The van der Waals surface area contributed by atoms with E-state index in [9.17, 15) is 15.2 Å². The lowest BCUT2D eigenvalue weighted by molar-refractivity contribution is -0.384. The van der Waals surface area contributed by atoms with Crippen molar-refractivity contribution in [2.24, 2.45) is 0 Å². The predicted molar refractivity (Wildman–Crippen MR) is 87.3 cm³/mol. The van der Waals surface area contributed by atoms with Crippen molar-refractivity contribution in [1.29, 1.82) is 0 Å². The smallest absolute Gasteiger partial charge is 0.293 e. The molecule has 0 aromatic heterocycles. The van der Waals surface area contributed by atoms with Crippen LogP contribution in [0.2, 0.25) is 5.02 Å². The Balaban J connectivity index is 2.08. The van der Waals surface area contributed by atoms with Gasteiger partial charge in [-0.2, -0.15) is 0 Å². The summed E-state index contributed by atoms with van der Waals surface area (Å²) in [6.45, 7) is 1.78. The molecule has 22 heavy (non-hydrogen) atoms. The molecule has 6 heteroatoms. The van der Waals surface area contributed by atoms with Gasteiger partial charge in [0.25, 0.3) is 5.69 Å². The monoisotopic (exact) mass is 320 g/mol. The quantitative estimate of drug-likeness (QED) is 0.629. The number of hydrogen-bond donors (Lipinski definition) is 2. The second-order valence-electron chi connectivity index (χ2n) is 5.11. The third-order valence-corrected chi connectivity index (χ3v) is 3.64. The van der Waals surface area contributed by atoms with Gasteiger partial charge in [-0.25, -0.2) is 0 Å². The van der Waals surface area contributed by atoms with Crippen LogP contribution in [-0.4, -0.2) is 22.2 Å². The fraction of sp³-hybridized carbons (Fsp3) is 0.250. The third kappa shape index (κ3) is 4.19. The number of halogens is 1. The van der Waals surface area contributed by atoms with Crippen molar-refractivity contribution in [3.8, 4) is 0 Å². The molecule has 0 aliphatic rings. The highest BCUT2D eigenvalue weighted by Crippen LogP contribution is 2.28. The average molecular weight is 321 g/mol. The summed E-state index contributed by atoms with van der Waals surface area (Å²) in [7, 11) is 0. The van der Waals surface area contributed by atoms with Crippen LogP contribution in [0.1, 0.15) is 12.5 Å². The molecule has 0 aliphatic carbocycles. The van der Waals surface area contributed by atoms with Crippen molar-refractivity contribution < 1.29 is 10.0 Å². The summed E-state index contributed by atoms with van der Waals surface area (Å²) in [5.41, 5.74) is 1.24. The molecule has 0 saturated carbocycles. The molecule has 2 atom stereocenters. The third-order valence-electron chi connectivity index (χ3n) is 3.40. The van der Waals surface area contributed by atoms with Crippen LogP contribution in [0.5, 0.6) is 0 Å². The fourth-order valence-electron chi connectivity index (χ4n) is 2.15. The molecule has 0 heterocycles. The van der Waals surface area contributed by atoms with Crippen molar-refractivity contribution in [1.82, 2.24) is 0 Å². The zero-order valence-electron chi connectivity index (χ0n) is 12.1. The number of rotatable bonds is 6. The number of aliphatic hydroxyl groups excluding tert-OH is 1. The molecule has 0 bridgehead atoms. The first-order valence-electron chi connectivity index (χ1n) is 6.90. The van der Waals surface area contributed by atoms with Gasteiger partial charge in [-0.3, -0.25) is 10.1 Å². The van der Waals surface area contributed by atoms with E-state index in [4.69, 9.17) is 11.6 Å². The summed E-state index contributed by atoms with van der Waals surface area (Å²) in [6, 6.07) is 13.7. The van der Waals surface area contributed by atoms with Gasteiger partial charge in [0.05, 0.1) is 11.0 Å². The van der Waals surface area contributed by atoms with E-state index in [1.54, 1.807) is 19.1 Å². The van der Waals surface area contributed by atoms with E-state index in [1.807, 2.05) is 30.3 Å². The number of nitro groups is 1. The maximum Gasteiger partial charge on any atom is 0.293 e. The zero-order valence-corrected chi connectivity index (χ0v) is 12.8. The van der Waals surface area contributed by atoms with Crippen LogP contribution in [0.15, 0.2) is 48.5 Å². The summed E-state index contributed by atoms with van der Waals surface area (Å²) in [5, 5.41) is 24.6. The molecule has 0 radical (unpaired) electrons. The number of nitro benzene ring substituents is 1. The molecule has 2 aromatic carbocycles. The van der Waals surface area contributed by atoms with Crippen LogP contribution in [0.25, 0.3) is 0 Å². The molecule has 116 valence electrons. The van der Waals surface area contributed by atoms with Gasteiger partial charge in [0.2, 0.25) is 0 Å². The molecule has 0 aliphatic heterocycles. The highest BCUT2D eigenvalue weighted by molar-refractivity contribution is 6.30. The van der Waals surface area contributed by atoms with Crippen LogP contribution in [0, 0.1) is 10.1 Å². The van der Waals surface area contributed by atoms with Crippen molar-refractivity contribution >= 4 is 23.0 Å². The lowest BCUT2D eigenvalue weighted by Crippen LogP contribution is -2.32. The highest BCUT2D eigenvalue weighted by atomic mass is 35.5. The van der Waals surface area contributed by atoms with Crippen molar-refractivity contribution in [2.45, 2.75) is 25.5 Å². The summed E-state index contributed by atoms with van der Waals surface area (Å²) in [4.78, 5) is 10.6. The van der Waals surface area contributed by atoms with Crippen LogP contribution in [0.3, 0.4) is 0 Å². The summed E-state index contributed by atoms with van der Waals surface area (Å²) in [5.74, 6) is 0. The number of anilines is 1. The number of nitrogens with zero attached hydrogens (tertiary/aromatic N) is 1. The van der Waals surface area contributed by atoms with Crippen LogP contribution in [0.4, 0.5) is 11.4 Å². The lowest BCUT2D eigenvalue weighted by atomic mass is 10.0. The van der Waals surface area contributed by atoms with Gasteiger partial charge in [-0.15, -0.1) is 0 Å².